The lowest BCUT2D eigenvalue weighted by Gasteiger charge is -2.13. The summed E-state index contributed by atoms with van der Waals surface area (Å²) in [6.45, 7) is 3.23. The Morgan fingerprint density at radius 1 is 0.818 bits per heavy atom. The molecule has 0 N–H and O–H groups in total. The van der Waals surface area contributed by atoms with E-state index in [9.17, 15) is 9.59 Å². The second kappa shape index (κ2) is 10.2. The molecular formula is C24H23Cl2NO6. The standard InChI is InChI=1S/C24H23Cl2NO6/c1-13-8-16(14(2)27(13)15-6-7-18(25)19(26)9-15)20(28)12-33-24(29)17-10-22(31-4)23(32-5)11-21(17)30-3/h6-11H,12H2,1-5H3. The van der Waals surface area contributed by atoms with Crippen molar-refractivity contribution in [2.24, 2.45) is 0 Å². The van der Waals surface area contributed by atoms with Crippen LogP contribution in [0, 0.1) is 13.8 Å². The van der Waals surface area contributed by atoms with Crippen molar-refractivity contribution in [1.29, 1.82) is 0 Å². The molecule has 0 aliphatic carbocycles. The highest BCUT2D eigenvalue weighted by atomic mass is 35.5. The quantitative estimate of drug-likeness (QED) is 0.307. The lowest BCUT2D eigenvalue weighted by Crippen LogP contribution is -2.16. The Balaban J connectivity index is 1.82. The van der Waals surface area contributed by atoms with Crippen molar-refractivity contribution in [1.82, 2.24) is 4.57 Å². The summed E-state index contributed by atoms with van der Waals surface area (Å²) in [5, 5.41) is 0.851. The Bertz CT molecular complexity index is 1220. The molecule has 9 heteroatoms. The van der Waals surface area contributed by atoms with Crippen LogP contribution in [0.3, 0.4) is 0 Å². The summed E-state index contributed by atoms with van der Waals surface area (Å²) in [6.07, 6.45) is 0. The number of ketones is 1. The van der Waals surface area contributed by atoms with E-state index in [2.05, 4.69) is 0 Å². The SMILES string of the molecule is COc1cc(OC)c(C(=O)OCC(=O)c2cc(C)n(-c3ccc(Cl)c(Cl)c3)c2C)cc1OC. The zero-order chi connectivity index (χ0) is 24.3. The van der Waals surface area contributed by atoms with Crippen molar-refractivity contribution in [2.45, 2.75) is 13.8 Å². The van der Waals surface area contributed by atoms with Crippen LogP contribution in [0.15, 0.2) is 36.4 Å². The van der Waals surface area contributed by atoms with Gasteiger partial charge in [0.2, 0.25) is 5.78 Å². The second-order valence-corrected chi connectivity index (χ2v) is 7.94. The predicted octanol–water partition coefficient (Wildman–Crippen LogP) is 5.47. The second-order valence-electron chi connectivity index (χ2n) is 7.13. The maximum atomic E-state index is 12.9. The summed E-state index contributed by atoms with van der Waals surface area (Å²) in [6, 6.07) is 9.93. The molecule has 7 nitrogen and oxygen atoms in total. The normalized spacial score (nSPS) is 10.6. The van der Waals surface area contributed by atoms with E-state index in [1.807, 2.05) is 24.5 Å². The number of nitrogens with zero attached hydrogens (tertiary/aromatic N) is 1. The van der Waals surface area contributed by atoms with Crippen LogP contribution in [0.1, 0.15) is 32.1 Å². The van der Waals surface area contributed by atoms with E-state index in [1.54, 1.807) is 18.2 Å². The first-order valence-electron chi connectivity index (χ1n) is 9.86. The molecule has 0 aliphatic rings. The molecule has 0 unspecified atom stereocenters. The summed E-state index contributed by atoms with van der Waals surface area (Å²) in [4.78, 5) is 25.6. The molecule has 0 amide bonds. The minimum absolute atomic E-state index is 0.115. The molecule has 0 bridgehead atoms. The molecule has 0 spiro atoms. The zero-order valence-corrected chi connectivity index (χ0v) is 20.3. The van der Waals surface area contributed by atoms with Gasteiger partial charge in [0.05, 0.1) is 31.4 Å². The molecule has 1 aromatic heterocycles. The number of methoxy groups -OCH3 is 3. The summed E-state index contributed by atoms with van der Waals surface area (Å²) in [7, 11) is 4.34. The van der Waals surface area contributed by atoms with E-state index in [4.69, 9.17) is 42.1 Å². The van der Waals surface area contributed by atoms with Crippen LogP contribution in [0.25, 0.3) is 5.69 Å². The number of benzene rings is 2. The number of hydrogen-bond acceptors (Lipinski definition) is 6. The average molecular weight is 492 g/mol. The van der Waals surface area contributed by atoms with E-state index < -0.39 is 12.6 Å². The van der Waals surface area contributed by atoms with E-state index in [1.165, 1.54) is 33.5 Å². The van der Waals surface area contributed by atoms with Gasteiger partial charge in [-0.1, -0.05) is 23.2 Å². The van der Waals surface area contributed by atoms with Gasteiger partial charge in [0, 0.05) is 34.8 Å². The van der Waals surface area contributed by atoms with Gasteiger partial charge < -0.3 is 23.5 Å². The minimum atomic E-state index is -0.723. The first-order valence-corrected chi connectivity index (χ1v) is 10.6. The summed E-state index contributed by atoms with van der Waals surface area (Å²) in [5.74, 6) is -0.0944. The van der Waals surface area contributed by atoms with Crippen LogP contribution >= 0.6 is 23.2 Å². The largest absolute Gasteiger partial charge is 0.496 e. The van der Waals surface area contributed by atoms with Gasteiger partial charge in [-0.05, 0) is 38.1 Å². The Morgan fingerprint density at radius 3 is 2.06 bits per heavy atom. The van der Waals surface area contributed by atoms with Crippen molar-refractivity contribution in [3.8, 4) is 22.9 Å². The van der Waals surface area contributed by atoms with Crippen molar-refractivity contribution in [3.05, 3.63) is 69.0 Å². The van der Waals surface area contributed by atoms with Gasteiger partial charge in [-0.15, -0.1) is 0 Å². The van der Waals surface area contributed by atoms with E-state index in [0.717, 1.165) is 11.4 Å². The molecule has 33 heavy (non-hydrogen) atoms. The van der Waals surface area contributed by atoms with Crippen LogP contribution in [-0.2, 0) is 4.74 Å². The van der Waals surface area contributed by atoms with Crippen molar-refractivity contribution < 1.29 is 28.5 Å². The molecule has 0 saturated heterocycles. The average Bonchev–Trinajstić information content (AvgIpc) is 3.11. The molecule has 0 aliphatic heterocycles. The maximum absolute atomic E-state index is 12.9. The lowest BCUT2D eigenvalue weighted by atomic mass is 10.1. The van der Waals surface area contributed by atoms with Crippen molar-refractivity contribution in [2.75, 3.05) is 27.9 Å². The predicted molar refractivity (Wildman–Crippen MR) is 126 cm³/mol. The number of rotatable bonds is 8. The molecule has 174 valence electrons. The Labute approximate surface area is 201 Å². The van der Waals surface area contributed by atoms with E-state index >= 15 is 0 Å². The van der Waals surface area contributed by atoms with Crippen molar-refractivity contribution in [3.63, 3.8) is 0 Å². The minimum Gasteiger partial charge on any atom is -0.496 e. The molecule has 3 aromatic rings. The molecule has 0 atom stereocenters. The van der Waals surface area contributed by atoms with Crippen LogP contribution in [0.4, 0.5) is 0 Å². The number of hydrogen-bond donors (Lipinski definition) is 0. The molecular weight excluding hydrogens is 469 g/mol. The lowest BCUT2D eigenvalue weighted by molar-refractivity contribution is 0.0471. The zero-order valence-electron chi connectivity index (χ0n) is 18.8. The highest BCUT2D eigenvalue weighted by molar-refractivity contribution is 6.42. The molecule has 0 radical (unpaired) electrons. The van der Waals surface area contributed by atoms with Gasteiger partial charge >= 0.3 is 5.97 Å². The third-order valence-corrected chi connectivity index (χ3v) is 5.89. The number of carbonyl (C=O) groups excluding carboxylic acids is 2. The van der Waals surface area contributed by atoms with Gasteiger partial charge in [0.15, 0.2) is 18.1 Å². The topological polar surface area (TPSA) is 76.0 Å². The Hall–Kier alpha value is -3.16. The first kappa shape index (κ1) is 24.5. The molecule has 0 saturated carbocycles. The van der Waals surface area contributed by atoms with Crippen LogP contribution in [-0.4, -0.2) is 44.3 Å². The van der Waals surface area contributed by atoms with Gasteiger partial charge in [-0.25, -0.2) is 4.79 Å². The molecule has 0 fully saturated rings. The third-order valence-electron chi connectivity index (χ3n) is 5.15. The van der Waals surface area contributed by atoms with Crippen LogP contribution in [0.2, 0.25) is 10.0 Å². The number of ether oxygens (including phenoxy) is 4. The van der Waals surface area contributed by atoms with E-state index in [0.29, 0.717) is 32.8 Å². The Morgan fingerprint density at radius 2 is 1.45 bits per heavy atom. The molecule has 2 aromatic carbocycles. The van der Waals surface area contributed by atoms with Gasteiger partial charge in [-0.2, -0.15) is 0 Å². The van der Waals surface area contributed by atoms with Gasteiger partial charge in [0.25, 0.3) is 0 Å². The maximum Gasteiger partial charge on any atom is 0.342 e. The van der Waals surface area contributed by atoms with Crippen LogP contribution in [0.5, 0.6) is 17.2 Å². The number of Topliss-reactive ketones (excluding diaryl/α,β-unsaturated/α-hetero) is 1. The summed E-state index contributed by atoms with van der Waals surface area (Å²) in [5.41, 5.74) is 2.83. The number of aryl methyl sites for hydroxylation is 1. The molecule has 3 rings (SSSR count). The Kier molecular flexibility index (Phi) is 7.56. The monoisotopic (exact) mass is 491 g/mol. The summed E-state index contributed by atoms with van der Waals surface area (Å²) >= 11 is 12.2. The third kappa shape index (κ3) is 4.94. The van der Waals surface area contributed by atoms with Crippen LogP contribution < -0.4 is 14.2 Å². The summed E-state index contributed by atoms with van der Waals surface area (Å²) < 4.78 is 22.9. The highest BCUT2D eigenvalue weighted by Crippen LogP contribution is 2.35. The molecule has 1 heterocycles. The first-order chi connectivity index (χ1) is 15.7. The van der Waals surface area contributed by atoms with Gasteiger partial charge in [0.1, 0.15) is 11.3 Å². The number of halogens is 2. The fraction of sp³-hybridized carbons (Fsp3) is 0.250. The van der Waals surface area contributed by atoms with E-state index in [-0.39, 0.29) is 17.1 Å². The number of carbonyl (C=O) groups is 2. The number of aromatic nitrogens is 1. The fourth-order valence-electron chi connectivity index (χ4n) is 3.54. The smallest absolute Gasteiger partial charge is 0.342 e. The fourth-order valence-corrected chi connectivity index (χ4v) is 3.83. The highest BCUT2D eigenvalue weighted by Gasteiger charge is 2.22. The van der Waals surface area contributed by atoms with Crippen molar-refractivity contribution >= 4 is 35.0 Å². The van der Waals surface area contributed by atoms with Gasteiger partial charge in [-0.3, -0.25) is 4.79 Å². The number of esters is 1.